The number of morpholine rings is 1. The molecule has 1 amide bonds. The average molecular weight is 229 g/mol. The highest BCUT2D eigenvalue weighted by Crippen LogP contribution is 2.09. The van der Waals surface area contributed by atoms with E-state index in [0.717, 1.165) is 13.1 Å². The highest BCUT2D eigenvalue weighted by molar-refractivity contribution is 5.81. The van der Waals surface area contributed by atoms with Crippen LogP contribution < -0.4 is 5.73 Å². The number of ether oxygens (including phenoxy) is 1. The quantitative estimate of drug-likeness (QED) is 0.707. The van der Waals surface area contributed by atoms with Gasteiger partial charge in [0.2, 0.25) is 0 Å². The number of carbonyl (C=O) groups is 1. The summed E-state index contributed by atoms with van der Waals surface area (Å²) >= 11 is 0. The molecule has 1 heterocycles. The van der Waals surface area contributed by atoms with Crippen LogP contribution in [0.25, 0.3) is 0 Å². The van der Waals surface area contributed by atoms with Crippen LogP contribution >= 0.6 is 0 Å². The molecule has 0 saturated carbocycles. The van der Waals surface area contributed by atoms with Crippen molar-refractivity contribution in [1.82, 2.24) is 9.80 Å². The van der Waals surface area contributed by atoms with E-state index in [9.17, 15) is 4.79 Å². The van der Waals surface area contributed by atoms with Gasteiger partial charge in [-0.05, 0) is 13.5 Å². The molecule has 0 aromatic rings. The molecule has 16 heavy (non-hydrogen) atoms. The molecule has 5 heteroatoms. The number of rotatable bonds is 4. The van der Waals surface area contributed by atoms with Crippen LogP contribution in [-0.4, -0.2) is 67.7 Å². The van der Waals surface area contributed by atoms with Gasteiger partial charge < -0.3 is 15.4 Å². The van der Waals surface area contributed by atoms with E-state index >= 15 is 0 Å². The molecule has 0 radical (unpaired) electrons. The van der Waals surface area contributed by atoms with Crippen molar-refractivity contribution in [3.05, 3.63) is 0 Å². The molecule has 5 nitrogen and oxygen atoms in total. The first-order valence-corrected chi connectivity index (χ1v) is 5.90. The van der Waals surface area contributed by atoms with Gasteiger partial charge in [0.15, 0.2) is 0 Å². The summed E-state index contributed by atoms with van der Waals surface area (Å²) in [6, 6.07) is 0.0631. The minimum absolute atomic E-state index is 0.0381. The summed E-state index contributed by atoms with van der Waals surface area (Å²) < 4.78 is 5.51. The number of hydrogen-bond acceptors (Lipinski definition) is 4. The highest BCUT2D eigenvalue weighted by atomic mass is 16.5. The van der Waals surface area contributed by atoms with E-state index in [0.29, 0.717) is 19.7 Å². The van der Waals surface area contributed by atoms with Crippen molar-refractivity contribution in [2.75, 3.05) is 39.8 Å². The summed E-state index contributed by atoms with van der Waals surface area (Å²) in [6.07, 6.45) is -0.326. The maximum Gasteiger partial charge on any atom is 0.253 e. The number of likely N-dealkylation sites (N-methyl/N-ethyl adjacent to an activating group) is 2. The summed E-state index contributed by atoms with van der Waals surface area (Å²) in [4.78, 5) is 16.0. The van der Waals surface area contributed by atoms with Gasteiger partial charge >= 0.3 is 0 Å². The lowest BCUT2D eigenvalue weighted by molar-refractivity contribution is -0.149. The molecule has 0 aromatic heterocycles. The summed E-state index contributed by atoms with van der Waals surface area (Å²) in [5.74, 6) is 0.0381. The molecule has 1 saturated heterocycles. The minimum Gasteiger partial charge on any atom is -0.366 e. The Hall–Kier alpha value is -0.650. The van der Waals surface area contributed by atoms with Crippen molar-refractivity contribution in [3.8, 4) is 0 Å². The van der Waals surface area contributed by atoms with E-state index in [2.05, 4.69) is 11.8 Å². The molecule has 1 rings (SSSR count). The first-order chi connectivity index (χ1) is 7.60. The van der Waals surface area contributed by atoms with Crippen LogP contribution in [0.2, 0.25) is 0 Å². The zero-order valence-corrected chi connectivity index (χ0v) is 10.5. The molecule has 2 unspecified atom stereocenters. The van der Waals surface area contributed by atoms with Gasteiger partial charge in [-0.2, -0.15) is 0 Å². The van der Waals surface area contributed by atoms with E-state index in [1.165, 1.54) is 0 Å². The molecule has 0 bridgehead atoms. The largest absolute Gasteiger partial charge is 0.366 e. The Morgan fingerprint density at radius 1 is 1.69 bits per heavy atom. The van der Waals surface area contributed by atoms with Gasteiger partial charge in [-0.15, -0.1) is 0 Å². The summed E-state index contributed by atoms with van der Waals surface area (Å²) in [5, 5.41) is 0. The summed E-state index contributed by atoms with van der Waals surface area (Å²) in [6.45, 7) is 7.72. The minimum atomic E-state index is -0.326. The fourth-order valence-electron chi connectivity index (χ4n) is 1.74. The van der Waals surface area contributed by atoms with Crippen molar-refractivity contribution in [1.29, 1.82) is 0 Å². The molecule has 1 aliphatic heterocycles. The Bertz CT molecular complexity index is 235. The summed E-state index contributed by atoms with van der Waals surface area (Å²) in [7, 11) is 1.79. The van der Waals surface area contributed by atoms with E-state index < -0.39 is 0 Å². The van der Waals surface area contributed by atoms with Crippen LogP contribution in [0.3, 0.4) is 0 Å². The molecule has 1 aliphatic rings. The lowest BCUT2D eigenvalue weighted by Gasteiger charge is -2.34. The Balaban J connectivity index is 2.52. The van der Waals surface area contributed by atoms with Crippen molar-refractivity contribution >= 4 is 5.91 Å². The van der Waals surface area contributed by atoms with Crippen LogP contribution in [0.5, 0.6) is 0 Å². The van der Waals surface area contributed by atoms with Gasteiger partial charge in [0.25, 0.3) is 5.91 Å². The van der Waals surface area contributed by atoms with Gasteiger partial charge in [0.1, 0.15) is 6.10 Å². The fourth-order valence-corrected chi connectivity index (χ4v) is 1.74. The Morgan fingerprint density at radius 2 is 2.38 bits per heavy atom. The molecule has 0 aliphatic carbocycles. The van der Waals surface area contributed by atoms with Gasteiger partial charge in [-0.25, -0.2) is 0 Å². The second-order valence-corrected chi connectivity index (χ2v) is 4.29. The van der Waals surface area contributed by atoms with Crippen molar-refractivity contribution in [2.45, 2.75) is 26.0 Å². The van der Waals surface area contributed by atoms with Gasteiger partial charge in [-0.3, -0.25) is 9.69 Å². The highest BCUT2D eigenvalue weighted by Gasteiger charge is 2.29. The Morgan fingerprint density at radius 3 is 2.94 bits per heavy atom. The van der Waals surface area contributed by atoms with Crippen LogP contribution in [0.15, 0.2) is 0 Å². The summed E-state index contributed by atoms with van der Waals surface area (Å²) in [5.41, 5.74) is 5.55. The molecular weight excluding hydrogens is 206 g/mol. The SMILES string of the molecule is CCN1CCOC(C(=O)N(C)C(C)CN)C1. The number of amides is 1. The number of hydrogen-bond donors (Lipinski definition) is 1. The first-order valence-electron chi connectivity index (χ1n) is 5.90. The number of nitrogens with two attached hydrogens (primary N) is 1. The van der Waals surface area contributed by atoms with Crippen molar-refractivity contribution in [3.63, 3.8) is 0 Å². The molecule has 0 spiro atoms. The van der Waals surface area contributed by atoms with Gasteiger partial charge in [0.05, 0.1) is 6.61 Å². The van der Waals surface area contributed by atoms with Gasteiger partial charge in [0, 0.05) is 32.7 Å². The zero-order chi connectivity index (χ0) is 12.1. The van der Waals surface area contributed by atoms with Gasteiger partial charge in [-0.1, -0.05) is 6.92 Å². The van der Waals surface area contributed by atoms with Crippen LogP contribution in [0, 0.1) is 0 Å². The predicted molar refractivity (Wildman–Crippen MR) is 63.1 cm³/mol. The van der Waals surface area contributed by atoms with E-state index in [4.69, 9.17) is 10.5 Å². The zero-order valence-electron chi connectivity index (χ0n) is 10.5. The first kappa shape index (κ1) is 13.4. The molecule has 94 valence electrons. The lowest BCUT2D eigenvalue weighted by atomic mass is 10.2. The normalized spacial score (nSPS) is 24.1. The number of nitrogens with zero attached hydrogens (tertiary/aromatic N) is 2. The second kappa shape index (κ2) is 6.18. The number of carbonyl (C=O) groups excluding carboxylic acids is 1. The van der Waals surface area contributed by atoms with E-state index in [1.54, 1.807) is 11.9 Å². The molecule has 2 N–H and O–H groups in total. The molecular formula is C11H23N3O2. The standard InChI is InChI=1S/C11H23N3O2/c1-4-14-5-6-16-10(8-14)11(15)13(3)9(2)7-12/h9-10H,4-8,12H2,1-3H3. The topological polar surface area (TPSA) is 58.8 Å². The third-order valence-corrected chi connectivity index (χ3v) is 3.22. The van der Waals surface area contributed by atoms with Crippen LogP contribution in [-0.2, 0) is 9.53 Å². The molecule has 1 fully saturated rings. The monoisotopic (exact) mass is 229 g/mol. The van der Waals surface area contributed by atoms with Crippen molar-refractivity contribution < 1.29 is 9.53 Å². The smallest absolute Gasteiger partial charge is 0.253 e. The van der Waals surface area contributed by atoms with E-state index in [1.807, 2.05) is 6.92 Å². The van der Waals surface area contributed by atoms with Crippen LogP contribution in [0.4, 0.5) is 0 Å². The third kappa shape index (κ3) is 3.17. The Labute approximate surface area is 97.5 Å². The fraction of sp³-hybridized carbons (Fsp3) is 0.909. The second-order valence-electron chi connectivity index (χ2n) is 4.29. The predicted octanol–water partition coefficient (Wildman–Crippen LogP) is -0.487. The van der Waals surface area contributed by atoms with Crippen molar-refractivity contribution in [2.24, 2.45) is 5.73 Å². The average Bonchev–Trinajstić information content (AvgIpc) is 2.36. The van der Waals surface area contributed by atoms with E-state index in [-0.39, 0.29) is 18.1 Å². The van der Waals surface area contributed by atoms with Crippen LogP contribution in [0.1, 0.15) is 13.8 Å². The maximum absolute atomic E-state index is 12.1. The lowest BCUT2D eigenvalue weighted by Crippen LogP contribution is -2.52. The molecule has 2 atom stereocenters. The Kier molecular flexibility index (Phi) is 5.18. The maximum atomic E-state index is 12.1. The third-order valence-electron chi connectivity index (χ3n) is 3.22. The molecule has 0 aromatic carbocycles.